The lowest BCUT2D eigenvalue weighted by Crippen LogP contribution is -2.54. The summed E-state index contributed by atoms with van der Waals surface area (Å²) >= 11 is 0. The van der Waals surface area contributed by atoms with Gasteiger partial charge in [-0.15, -0.1) is 0 Å². The lowest BCUT2D eigenvalue weighted by atomic mass is 10.1. The molecule has 1 aliphatic heterocycles. The Labute approximate surface area is 168 Å². The van der Waals surface area contributed by atoms with Crippen LogP contribution in [-0.4, -0.2) is 63.5 Å². The number of rotatable bonds is 4. The van der Waals surface area contributed by atoms with E-state index >= 15 is 0 Å². The molecule has 0 unspecified atom stereocenters. The summed E-state index contributed by atoms with van der Waals surface area (Å²) in [5, 5.41) is 5.28. The molecule has 7 heteroatoms. The summed E-state index contributed by atoms with van der Waals surface area (Å²) in [4.78, 5) is 29.4. The number of Topliss-reactive ketones (excluding diaryl/α,β-unsaturated/α-hetero) is 1. The van der Waals surface area contributed by atoms with E-state index < -0.39 is 0 Å². The predicted octanol–water partition coefficient (Wildman–Crippen LogP) is 2.74. The third-order valence-electron chi connectivity index (χ3n) is 5.53. The van der Waals surface area contributed by atoms with E-state index in [1.165, 1.54) is 24.3 Å². The van der Waals surface area contributed by atoms with Gasteiger partial charge in [0.2, 0.25) is 0 Å². The van der Waals surface area contributed by atoms with Crippen molar-refractivity contribution in [3.63, 3.8) is 0 Å². The van der Waals surface area contributed by atoms with Crippen molar-refractivity contribution in [2.75, 3.05) is 26.2 Å². The minimum absolute atomic E-state index is 0.0343. The van der Waals surface area contributed by atoms with Crippen molar-refractivity contribution in [3.05, 3.63) is 65.6 Å². The third kappa shape index (κ3) is 3.78. The number of piperazine rings is 1. The van der Waals surface area contributed by atoms with Crippen LogP contribution in [0.5, 0.6) is 0 Å². The van der Waals surface area contributed by atoms with E-state index in [2.05, 4.69) is 10.00 Å². The second-order valence-electron chi connectivity index (χ2n) is 7.49. The van der Waals surface area contributed by atoms with Crippen LogP contribution in [-0.2, 0) is 7.05 Å². The second kappa shape index (κ2) is 7.75. The smallest absolute Gasteiger partial charge is 0.275 e. The Bertz CT molecular complexity index is 1060. The first-order chi connectivity index (χ1) is 13.9. The summed E-state index contributed by atoms with van der Waals surface area (Å²) in [5.74, 6) is -0.491. The molecule has 29 heavy (non-hydrogen) atoms. The Balaban J connectivity index is 1.44. The molecule has 0 radical (unpaired) electrons. The van der Waals surface area contributed by atoms with Gasteiger partial charge < -0.3 is 4.90 Å². The van der Waals surface area contributed by atoms with Crippen LogP contribution in [0, 0.1) is 5.82 Å². The van der Waals surface area contributed by atoms with Crippen LogP contribution in [0.25, 0.3) is 10.9 Å². The molecule has 1 aliphatic rings. The molecule has 3 aromatic rings. The van der Waals surface area contributed by atoms with Gasteiger partial charge in [-0.2, -0.15) is 5.10 Å². The van der Waals surface area contributed by atoms with Gasteiger partial charge in [-0.1, -0.05) is 18.2 Å². The van der Waals surface area contributed by atoms with E-state index in [-0.39, 0.29) is 30.1 Å². The van der Waals surface area contributed by atoms with Gasteiger partial charge in [-0.05, 0) is 37.3 Å². The van der Waals surface area contributed by atoms with E-state index in [0.717, 1.165) is 10.9 Å². The minimum Gasteiger partial charge on any atom is -0.334 e. The standard InChI is InChI=1S/C22H23FN4O2/c1-15-13-27(22(29)21-18-5-3-4-6-19(18)25(2)24-21)12-11-26(15)14-20(28)16-7-9-17(23)10-8-16/h3-10,15H,11-14H2,1-2H3/t15-/m1/s1. The number of hydrogen-bond donors (Lipinski definition) is 0. The maximum Gasteiger partial charge on any atom is 0.275 e. The zero-order valence-corrected chi connectivity index (χ0v) is 16.5. The van der Waals surface area contributed by atoms with Crippen molar-refractivity contribution in [3.8, 4) is 0 Å². The van der Waals surface area contributed by atoms with Crippen molar-refractivity contribution >= 4 is 22.6 Å². The van der Waals surface area contributed by atoms with Crippen LogP contribution in [0.15, 0.2) is 48.5 Å². The van der Waals surface area contributed by atoms with Crippen molar-refractivity contribution in [1.82, 2.24) is 19.6 Å². The fraction of sp³-hybridized carbons (Fsp3) is 0.318. The highest BCUT2D eigenvalue weighted by molar-refractivity contribution is 6.05. The van der Waals surface area contributed by atoms with Gasteiger partial charge in [-0.3, -0.25) is 19.2 Å². The number of ketones is 1. The molecule has 0 bridgehead atoms. The second-order valence-corrected chi connectivity index (χ2v) is 7.49. The molecule has 4 rings (SSSR count). The van der Waals surface area contributed by atoms with Crippen LogP contribution in [0.4, 0.5) is 4.39 Å². The highest BCUT2D eigenvalue weighted by atomic mass is 19.1. The zero-order chi connectivity index (χ0) is 20.5. The summed E-state index contributed by atoms with van der Waals surface area (Å²) in [6.45, 7) is 3.92. The Kier molecular flexibility index (Phi) is 5.15. The molecule has 6 nitrogen and oxygen atoms in total. The van der Waals surface area contributed by atoms with E-state index in [9.17, 15) is 14.0 Å². The topological polar surface area (TPSA) is 58.4 Å². The monoisotopic (exact) mass is 394 g/mol. The predicted molar refractivity (Wildman–Crippen MR) is 108 cm³/mol. The first-order valence-electron chi connectivity index (χ1n) is 9.68. The van der Waals surface area contributed by atoms with Crippen molar-refractivity contribution < 1.29 is 14.0 Å². The average Bonchev–Trinajstić information content (AvgIpc) is 3.06. The summed E-state index contributed by atoms with van der Waals surface area (Å²) in [5.41, 5.74) is 1.88. The Morgan fingerprint density at radius 1 is 1.10 bits per heavy atom. The number of halogens is 1. The minimum atomic E-state index is -0.357. The van der Waals surface area contributed by atoms with Gasteiger partial charge in [0.25, 0.3) is 5.91 Å². The number of aromatic nitrogens is 2. The molecule has 2 heterocycles. The highest BCUT2D eigenvalue weighted by Gasteiger charge is 2.30. The molecule has 0 aliphatic carbocycles. The molecular formula is C22H23FN4O2. The number of fused-ring (bicyclic) bond motifs is 1. The molecular weight excluding hydrogens is 371 g/mol. The van der Waals surface area contributed by atoms with Crippen molar-refractivity contribution in [2.45, 2.75) is 13.0 Å². The summed E-state index contributed by atoms with van der Waals surface area (Å²) < 4.78 is 14.8. The van der Waals surface area contributed by atoms with Crippen molar-refractivity contribution in [1.29, 1.82) is 0 Å². The number of aryl methyl sites for hydroxylation is 1. The molecule has 0 saturated carbocycles. The molecule has 0 spiro atoms. The van der Waals surface area contributed by atoms with Crippen LogP contribution < -0.4 is 0 Å². The van der Waals surface area contributed by atoms with E-state index in [1.807, 2.05) is 38.2 Å². The number of hydrogen-bond acceptors (Lipinski definition) is 4. The summed E-state index contributed by atoms with van der Waals surface area (Å²) in [6.07, 6.45) is 0. The molecule has 1 aromatic heterocycles. The first-order valence-corrected chi connectivity index (χ1v) is 9.68. The van der Waals surface area contributed by atoms with Gasteiger partial charge in [0.1, 0.15) is 5.82 Å². The summed E-state index contributed by atoms with van der Waals surface area (Å²) in [7, 11) is 1.83. The van der Waals surface area contributed by atoms with Gasteiger partial charge in [-0.25, -0.2) is 4.39 Å². The normalized spacial score (nSPS) is 17.6. The zero-order valence-electron chi connectivity index (χ0n) is 16.5. The Hall–Kier alpha value is -3.06. The van der Waals surface area contributed by atoms with Crippen LogP contribution in [0.3, 0.4) is 0 Å². The van der Waals surface area contributed by atoms with E-state index in [4.69, 9.17) is 0 Å². The molecule has 0 N–H and O–H groups in total. The average molecular weight is 394 g/mol. The lowest BCUT2D eigenvalue weighted by molar-refractivity contribution is 0.0498. The first kappa shape index (κ1) is 19.3. The van der Waals surface area contributed by atoms with Gasteiger partial charge >= 0.3 is 0 Å². The molecule has 2 aromatic carbocycles. The van der Waals surface area contributed by atoms with E-state index in [0.29, 0.717) is 30.9 Å². The Morgan fingerprint density at radius 2 is 1.83 bits per heavy atom. The number of nitrogens with zero attached hydrogens (tertiary/aromatic N) is 4. The summed E-state index contributed by atoms with van der Waals surface area (Å²) in [6, 6.07) is 13.3. The number of para-hydroxylation sites is 1. The number of carbonyl (C=O) groups is 2. The molecule has 1 fully saturated rings. The maximum atomic E-state index is 13.1. The molecule has 1 saturated heterocycles. The van der Waals surface area contributed by atoms with E-state index in [1.54, 1.807) is 9.58 Å². The third-order valence-corrected chi connectivity index (χ3v) is 5.53. The quantitative estimate of drug-likeness (QED) is 0.639. The fourth-order valence-electron chi connectivity index (χ4n) is 3.85. The SMILES string of the molecule is C[C@@H]1CN(C(=O)c2nn(C)c3ccccc23)CCN1CC(=O)c1ccc(F)cc1. The number of amides is 1. The number of benzene rings is 2. The van der Waals surface area contributed by atoms with Crippen LogP contribution >= 0.6 is 0 Å². The van der Waals surface area contributed by atoms with Gasteiger partial charge in [0.15, 0.2) is 11.5 Å². The van der Waals surface area contributed by atoms with Crippen LogP contribution in [0.2, 0.25) is 0 Å². The van der Waals surface area contributed by atoms with Gasteiger partial charge in [0.05, 0.1) is 12.1 Å². The van der Waals surface area contributed by atoms with Crippen LogP contribution in [0.1, 0.15) is 27.8 Å². The Morgan fingerprint density at radius 3 is 2.55 bits per heavy atom. The number of carbonyl (C=O) groups excluding carboxylic acids is 2. The largest absolute Gasteiger partial charge is 0.334 e. The highest BCUT2D eigenvalue weighted by Crippen LogP contribution is 2.21. The molecule has 150 valence electrons. The lowest BCUT2D eigenvalue weighted by Gasteiger charge is -2.39. The van der Waals surface area contributed by atoms with Crippen molar-refractivity contribution in [2.24, 2.45) is 7.05 Å². The fourth-order valence-corrected chi connectivity index (χ4v) is 3.85. The van der Waals surface area contributed by atoms with Gasteiger partial charge in [0, 0.05) is 43.7 Å². The molecule has 1 atom stereocenters. The molecule has 1 amide bonds. The maximum absolute atomic E-state index is 13.1.